The molecule has 37 heavy (non-hydrogen) atoms. The minimum Gasteiger partial charge on any atom is -0.325 e. The fourth-order valence-electron chi connectivity index (χ4n) is 3.94. The molecule has 0 unspecified atom stereocenters. The summed E-state index contributed by atoms with van der Waals surface area (Å²) < 4.78 is 55.2. The van der Waals surface area contributed by atoms with E-state index in [1.54, 1.807) is 38.1 Å². The maximum atomic E-state index is 13.7. The van der Waals surface area contributed by atoms with E-state index in [0.29, 0.717) is 30.9 Å². The third kappa shape index (κ3) is 6.38. The number of anilines is 2. The van der Waals surface area contributed by atoms with Crippen molar-refractivity contribution in [1.82, 2.24) is 4.31 Å². The van der Waals surface area contributed by atoms with E-state index in [9.17, 15) is 21.6 Å². The van der Waals surface area contributed by atoms with Crippen molar-refractivity contribution in [1.29, 1.82) is 0 Å². The number of aryl methyl sites for hydroxylation is 2. The van der Waals surface area contributed by atoms with Crippen LogP contribution in [0.25, 0.3) is 0 Å². The van der Waals surface area contributed by atoms with Crippen molar-refractivity contribution < 1.29 is 21.6 Å². The van der Waals surface area contributed by atoms with Gasteiger partial charge in [0, 0.05) is 18.8 Å². The largest absolute Gasteiger partial charge is 0.325 e. The third-order valence-corrected chi connectivity index (χ3v) is 9.86. The van der Waals surface area contributed by atoms with Gasteiger partial charge >= 0.3 is 0 Å². The van der Waals surface area contributed by atoms with Crippen molar-refractivity contribution in [2.45, 2.75) is 43.9 Å². The first-order valence-corrected chi connectivity index (χ1v) is 15.0. The molecule has 0 bridgehead atoms. The van der Waals surface area contributed by atoms with Gasteiger partial charge in [0.25, 0.3) is 10.0 Å². The van der Waals surface area contributed by atoms with Gasteiger partial charge in [-0.15, -0.1) is 0 Å². The summed E-state index contributed by atoms with van der Waals surface area (Å²) in [6.07, 6.45) is 0.584. The van der Waals surface area contributed by atoms with E-state index in [-0.39, 0.29) is 9.79 Å². The van der Waals surface area contributed by atoms with Gasteiger partial charge in [-0.25, -0.2) is 16.8 Å². The van der Waals surface area contributed by atoms with E-state index >= 15 is 0 Å². The Morgan fingerprint density at radius 1 is 0.757 bits per heavy atom. The Labute approximate surface area is 220 Å². The highest BCUT2D eigenvalue weighted by molar-refractivity contribution is 7.92. The fourth-order valence-corrected chi connectivity index (χ4v) is 6.86. The van der Waals surface area contributed by atoms with Gasteiger partial charge in [-0.05, 0) is 61.4 Å². The second-order valence-corrected chi connectivity index (χ2v) is 12.3. The predicted molar refractivity (Wildman–Crippen MR) is 147 cm³/mol. The highest BCUT2D eigenvalue weighted by Crippen LogP contribution is 2.28. The number of sulfonamides is 2. The molecule has 3 aromatic carbocycles. The van der Waals surface area contributed by atoms with E-state index in [1.807, 2.05) is 26.0 Å². The van der Waals surface area contributed by atoms with Crippen LogP contribution in [-0.2, 0) is 31.3 Å². The fraction of sp³-hybridized carbons (Fsp3) is 0.296. The lowest BCUT2D eigenvalue weighted by Crippen LogP contribution is -2.38. The molecule has 3 rings (SSSR count). The van der Waals surface area contributed by atoms with Crippen molar-refractivity contribution >= 4 is 37.3 Å². The van der Waals surface area contributed by atoms with Crippen molar-refractivity contribution in [3.05, 3.63) is 83.9 Å². The van der Waals surface area contributed by atoms with Crippen LogP contribution < -0.4 is 9.62 Å². The van der Waals surface area contributed by atoms with Crippen LogP contribution in [0.5, 0.6) is 0 Å². The minimum atomic E-state index is -4.04. The van der Waals surface area contributed by atoms with Gasteiger partial charge in [0.05, 0.1) is 15.5 Å². The monoisotopic (exact) mass is 543 g/mol. The lowest BCUT2D eigenvalue weighted by atomic mass is 10.1. The van der Waals surface area contributed by atoms with Gasteiger partial charge in [0.1, 0.15) is 6.54 Å². The lowest BCUT2D eigenvalue weighted by Gasteiger charge is -2.26. The van der Waals surface area contributed by atoms with Gasteiger partial charge in [-0.2, -0.15) is 4.31 Å². The second-order valence-electron chi connectivity index (χ2n) is 8.47. The number of carbonyl (C=O) groups excluding carboxylic acids is 1. The van der Waals surface area contributed by atoms with Crippen molar-refractivity contribution in [3.63, 3.8) is 0 Å². The number of rotatable bonds is 11. The van der Waals surface area contributed by atoms with Gasteiger partial charge in [-0.3, -0.25) is 9.10 Å². The topological polar surface area (TPSA) is 104 Å². The van der Waals surface area contributed by atoms with Crippen molar-refractivity contribution in [2.24, 2.45) is 0 Å². The highest BCUT2D eigenvalue weighted by atomic mass is 32.2. The zero-order valence-electron chi connectivity index (χ0n) is 21.5. The Bertz CT molecular complexity index is 1430. The number of hydrogen-bond donors (Lipinski definition) is 1. The van der Waals surface area contributed by atoms with Gasteiger partial charge < -0.3 is 5.32 Å². The molecule has 0 saturated heterocycles. The molecular weight excluding hydrogens is 510 g/mol. The van der Waals surface area contributed by atoms with Crippen LogP contribution in [0.2, 0.25) is 0 Å². The number of carbonyl (C=O) groups is 1. The summed E-state index contributed by atoms with van der Waals surface area (Å²) in [6.45, 7) is 7.57. The Balaban J connectivity index is 1.90. The smallest absolute Gasteiger partial charge is 0.264 e. The summed E-state index contributed by atoms with van der Waals surface area (Å²) in [7, 11) is -7.67. The normalized spacial score (nSPS) is 11.9. The molecule has 10 heteroatoms. The molecule has 3 aromatic rings. The molecule has 1 N–H and O–H groups in total. The molecular formula is C27H33N3O5S2. The molecule has 0 radical (unpaired) electrons. The van der Waals surface area contributed by atoms with Crippen molar-refractivity contribution in [2.75, 3.05) is 29.3 Å². The summed E-state index contributed by atoms with van der Waals surface area (Å²) in [6, 6.07) is 19.4. The van der Waals surface area contributed by atoms with Crippen LogP contribution in [-0.4, -0.2) is 46.7 Å². The average molecular weight is 544 g/mol. The number of nitrogens with zero attached hydrogens (tertiary/aromatic N) is 2. The molecule has 0 aromatic heterocycles. The first-order valence-electron chi connectivity index (χ1n) is 12.1. The van der Waals surface area contributed by atoms with E-state index in [0.717, 1.165) is 15.4 Å². The van der Waals surface area contributed by atoms with Crippen LogP contribution in [0.3, 0.4) is 0 Å². The molecule has 0 spiro atoms. The zero-order chi connectivity index (χ0) is 27.2. The molecule has 0 heterocycles. The number of hydrogen-bond acceptors (Lipinski definition) is 5. The van der Waals surface area contributed by atoms with Crippen LogP contribution >= 0.6 is 0 Å². The van der Waals surface area contributed by atoms with Crippen LogP contribution in [0.15, 0.2) is 82.6 Å². The highest BCUT2D eigenvalue weighted by Gasteiger charge is 2.29. The third-order valence-electron chi connectivity index (χ3n) is 6.02. The lowest BCUT2D eigenvalue weighted by molar-refractivity contribution is -0.114. The van der Waals surface area contributed by atoms with Crippen LogP contribution in [0.4, 0.5) is 11.4 Å². The zero-order valence-corrected chi connectivity index (χ0v) is 23.1. The first-order chi connectivity index (χ1) is 17.5. The van der Waals surface area contributed by atoms with E-state index in [1.165, 1.54) is 40.7 Å². The maximum absolute atomic E-state index is 13.7. The Kier molecular flexibility index (Phi) is 9.12. The summed E-state index contributed by atoms with van der Waals surface area (Å²) >= 11 is 0. The van der Waals surface area contributed by atoms with Crippen LogP contribution in [0.1, 0.15) is 31.9 Å². The molecule has 0 saturated carbocycles. The summed E-state index contributed by atoms with van der Waals surface area (Å²) in [4.78, 5) is 13.3. The molecule has 1 amide bonds. The van der Waals surface area contributed by atoms with Crippen LogP contribution in [0, 0.1) is 6.92 Å². The SMILES string of the molecule is CCc1ccccc1N(CC(=O)Nc1ccc(S(=O)(=O)N(CC)CC)cc1)S(=O)(=O)c1ccc(C)cc1. The van der Waals surface area contributed by atoms with Crippen molar-refractivity contribution in [3.8, 4) is 0 Å². The quantitative estimate of drug-likeness (QED) is 0.386. The van der Waals surface area contributed by atoms with E-state index in [4.69, 9.17) is 0 Å². The number of benzene rings is 3. The van der Waals surface area contributed by atoms with Gasteiger partial charge in [-0.1, -0.05) is 56.7 Å². The van der Waals surface area contributed by atoms with E-state index in [2.05, 4.69) is 5.32 Å². The molecule has 0 aliphatic heterocycles. The standard InChI is InChI=1S/C27H33N3O5S2/c1-5-22-10-8-9-11-26(22)30(37(34,35)25-16-12-21(4)13-17-25)20-27(31)28-23-14-18-24(19-15-23)36(32,33)29(6-2)7-3/h8-19H,5-7,20H2,1-4H3,(H,28,31). The Morgan fingerprint density at radius 2 is 1.30 bits per heavy atom. The molecule has 0 fully saturated rings. The molecule has 0 aliphatic carbocycles. The van der Waals surface area contributed by atoms with Gasteiger partial charge in [0.2, 0.25) is 15.9 Å². The number of para-hydroxylation sites is 1. The van der Waals surface area contributed by atoms with Gasteiger partial charge in [0.15, 0.2) is 0 Å². The summed E-state index contributed by atoms with van der Waals surface area (Å²) in [5.74, 6) is -0.555. The summed E-state index contributed by atoms with van der Waals surface area (Å²) in [5, 5.41) is 2.69. The maximum Gasteiger partial charge on any atom is 0.264 e. The molecule has 198 valence electrons. The molecule has 0 aliphatic rings. The first kappa shape index (κ1) is 28.4. The molecule has 8 nitrogen and oxygen atoms in total. The van der Waals surface area contributed by atoms with E-state index < -0.39 is 32.5 Å². The molecule has 0 atom stereocenters. The minimum absolute atomic E-state index is 0.0859. The second kappa shape index (κ2) is 11.9. The summed E-state index contributed by atoms with van der Waals surface area (Å²) in [5.41, 5.74) is 2.50. The Morgan fingerprint density at radius 3 is 1.86 bits per heavy atom. The number of nitrogens with one attached hydrogen (secondary N) is 1. The number of amides is 1. The average Bonchev–Trinajstić information content (AvgIpc) is 2.88. The predicted octanol–water partition coefficient (Wildman–Crippen LogP) is 4.42. The Hall–Kier alpha value is -3.21.